The van der Waals surface area contributed by atoms with Crippen molar-refractivity contribution in [3.05, 3.63) is 59.3 Å². The zero-order valence-corrected chi connectivity index (χ0v) is 12.1. The third-order valence-electron chi connectivity index (χ3n) is 3.88. The van der Waals surface area contributed by atoms with Gasteiger partial charge in [0.05, 0.1) is 17.4 Å². The number of aryl methyl sites for hydroxylation is 2. The number of rotatable bonds is 3. The van der Waals surface area contributed by atoms with Gasteiger partial charge in [0.15, 0.2) is 0 Å². The lowest BCUT2D eigenvalue weighted by Crippen LogP contribution is -2.07. The maximum absolute atomic E-state index is 4.10. The number of aromatic nitrogens is 2. The van der Waals surface area contributed by atoms with Gasteiger partial charge in [0.25, 0.3) is 0 Å². The second-order valence-electron chi connectivity index (χ2n) is 5.35. The minimum Gasteiger partial charge on any atom is -0.377 e. The average molecular weight is 265 g/mol. The van der Waals surface area contributed by atoms with Gasteiger partial charge in [0.2, 0.25) is 0 Å². The highest BCUT2D eigenvalue weighted by molar-refractivity contribution is 5.90. The molecule has 3 aromatic rings. The van der Waals surface area contributed by atoms with E-state index in [2.05, 4.69) is 66.6 Å². The molecule has 0 bridgehead atoms. The second-order valence-corrected chi connectivity index (χ2v) is 5.35. The standard InChI is InChI=1S/C17H19N3/c1-11-7-8-14(9-12(11)2)13(3)19-16-6-4-5-15-10-18-20-17(15)16/h4-10,13,19H,1-3H3,(H,18,20). The van der Waals surface area contributed by atoms with Crippen LogP contribution in [0.1, 0.15) is 29.7 Å². The van der Waals surface area contributed by atoms with Crippen molar-refractivity contribution in [2.75, 3.05) is 5.32 Å². The third kappa shape index (κ3) is 2.27. The van der Waals surface area contributed by atoms with Gasteiger partial charge in [-0.05, 0) is 43.5 Å². The van der Waals surface area contributed by atoms with Gasteiger partial charge in [0.1, 0.15) is 0 Å². The Kier molecular flexibility index (Phi) is 3.18. The van der Waals surface area contributed by atoms with Crippen LogP contribution >= 0.6 is 0 Å². The number of hydrogen-bond acceptors (Lipinski definition) is 2. The van der Waals surface area contributed by atoms with E-state index < -0.39 is 0 Å². The smallest absolute Gasteiger partial charge is 0.0881 e. The first-order chi connectivity index (χ1) is 9.65. The van der Waals surface area contributed by atoms with Gasteiger partial charge in [-0.2, -0.15) is 5.10 Å². The minimum absolute atomic E-state index is 0.253. The average Bonchev–Trinajstić information content (AvgIpc) is 2.91. The molecule has 0 fully saturated rings. The summed E-state index contributed by atoms with van der Waals surface area (Å²) in [5.74, 6) is 0. The van der Waals surface area contributed by atoms with Crippen molar-refractivity contribution in [1.82, 2.24) is 10.2 Å². The first kappa shape index (κ1) is 12.7. The number of anilines is 1. The molecule has 0 saturated heterocycles. The van der Waals surface area contributed by atoms with Crippen molar-refractivity contribution in [3.63, 3.8) is 0 Å². The van der Waals surface area contributed by atoms with Crippen molar-refractivity contribution < 1.29 is 0 Å². The number of benzene rings is 2. The predicted octanol–water partition coefficient (Wildman–Crippen LogP) is 4.35. The van der Waals surface area contributed by atoms with E-state index in [-0.39, 0.29) is 6.04 Å². The van der Waals surface area contributed by atoms with E-state index in [1.165, 1.54) is 16.7 Å². The molecule has 1 unspecified atom stereocenters. The van der Waals surface area contributed by atoms with E-state index in [4.69, 9.17) is 0 Å². The van der Waals surface area contributed by atoms with Crippen LogP contribution in [0.2, 0.25) is 0 Å². The van der Waals surface area contributed by atoms with Crippen molar-refractivity contribution in [2.45, 2.75) is 26.8 Å². The second kappa shape index (κ2) is 5.00. The molecular formula is C17H19N3. The van der Waals surface area contributed by atoms with Gasteiger partial charge < -0.3 is 5.32 Å². The first-order valence-electron chi connectivity index (χ1n) is 6.91. The Bertz CT molecular complexity index is 743. The Hall–Kier alpha value is -2.29. The lowest BCUT2D eigenvalue weighted by Gasteiger charge is -2.17. The van der Waals surface area contributed by atoms with Crippen molar-refractivity contribution >= 4 is 16.6 Å². The SMILES string of the molecule is Cc1ccc(C(C)Nc2cccc3cn[nH]c23)cc1C. The fraction of sp³-hybridized carbons (Fsp3) is 0.235. The highest BCUT2D eigenvalue weighted by Crippen LogP contribution is 2.26. The van der Waals surface area contributed by atoms with Crippen LogP contribution in [0.25, 0.3) is 10.9 Å². The largest absolute Gasteiger partial charge is 0.377 e. The summed E-state index contributed by atoms with van der Waals surface area (Å²) >= 11 is 0. The highest BCUT2D eigenvalue weighted by Gasteiger charge is 2.09. The van der Waals surface area contributed by atoms with Crippen LogP contribution < -0.4 is 5.32 Å². The summed E-state index contributed by atoms with van der Waals surface area (Å²) in [6.07, 6.45) is 1.85. The Morgan fingerprint density at radius 1 is 1.10 bits per heavy atom. The summed E-state index contributed by atoms with van der Waals surface area (Å²) in [7, 11) is 0. The Labute approximate surface area is 119 Å². The lowest BCUT2D eigenvalue weighted by atomic mass is 10.0. The van der Waals surface area contributed by atoms with Crippen LogP contribution in [0.15, 0.2) is 42.6 Å². The monoisotopic (exact) mass is 265 g/mol. The van der Waals surface area contributed by atoms with Gasteiger partial charge in [-0.1, -0.05) is 30.3 Å². The van der Waals surface area contributed by atoms with E-state index in [0.717, 1.165) is 16.6 Å². The fourth-order valence-corrected chi connectivity index (χ4v) is 2.44. The summed E-state index contributed by atoms with van der Waals surface area (Å²) in [6, 6.07) is 13.1. The summed E-state index contributed by atoms with van der Waals surface area (Å²) in [4.78, 5) is 0. The quantitative estimate of drug-likeness (QED) is 0.739. The summed E-state index contributed by atoms with van der Waals surface area (Å²) < 4.78 is 0. The molecule has 0 radical (unpaired) electrons. The molecule has 1 heterocycles. The lowest BCUT2D eigenvalue weighted by molar-refractivity contribution is 0.882. The van der Waals surface area contributed by atoms with E-state index in [9.17, 15) is 0 Å². The van der Waals surface area contributed by atoms with Crippen molar-refractivity contribution in [2.24, 2.45) is 0 Å². The molecule has 0 amide bonds. The molecule has 1 atom stereocenters. The normalized spacial score (nSPS) is 12.6. The Morgan fingerprint density at radius 3 is 2.75 bits per heavy atom. The molecule has 0 aliphatic heterocycles. The molecule has 0 spiro atoms. The number of hydrogen-bond donors (Lipinski definition) is 2. The summed E-state index contributed by atoms with van der Waals surface area (Å²) in [5.41, 5.74) is 6.10. The van der Waals surface area contributed by atoms with E-state index in [1.807, 2.05) is 12.3 Å². The van der Waals surface area contributed by atoms with E-state index in [0.29, 0.717) is 0 Å². The maximum Gasteiger partial charge on any atom is 0.0881 e. The van der Waals surface area contributed by atoms with Crippen molar-refractivity contribution in [3.8, 4) is 0 Å². The summed E-state index contributed by atoms with van der Waals surface area (Å²) in [5, 5.41) is 11.8. The highest BCUT2D eigenvalue weighted by atomic mass is 15.1. The molecule has 2 N–H and O–H groups in total. The molecule has 102 valence electrons. The zero-order chi connectivity index (χ0) is 14.1. The predicted molar refractivity (Wildman–Crippen MR) is 84.0 cm³/mol. The maximum atomic E-state index is 4.10. The molecule has 2 aromatic carbocycles. The number of para-hydroxylation sites is 1. The molecule has 1 aromatic heterocycles. The molecular weight excluding hydrogens is 246 g/mol. The third-order valence-corrected chi connectivity index (χ3v) is 3.88. The van der Waals surface area contributed by atoms with Gasteiger partial charge in [-0.3, -0.25) is 5.10 Å². The Balaban J connectivity index is 1.90. The molecule has 0 saturated carbocycles. The van der Waals surface area contributed by atoms with Crippen LogP contribution in [0, 0.1) is 13.8 Å². The molecule has 3 rings (SSSR count). The first-order valence-corrected chi connectivity index (χ1v) is 6.91. The molecule has 3 nitrogen and oxygen atoms in total. The molecule has 20 heavy (non-hydrogen) atoms. The van der Waals surface area contributed by atoms with Gasteiger partial charge >= 0.3 is 0 Å². The number of nitrogens with one attached hydrogen (secondary N) is 2. The van der Waals surface area contributed by atoms with Crippen LogP contribution in [0.3, 0.4) is 0 Å². The van der Waals surface area contributed by atoms with Gasteiger partial charge in [0, 0.05) is 11.4 Å². The van der Waals surface area contributed by atoms with E-state index >= 15 is 0 Å². The van der Waals surface area contributed by atoms with Crippen LogP contribution in [0.5, 0.6) is 0 Å². The Morgan fingerprint density at radius 2 is 1.95 bits per heavy atom. The minimum atomic E-state index is 0.253. The molecule has 0 aliphatic rings. The fourth-order valence-electron chi connectivity index (χ4n) is 2.44. The van der Waals surface area contributed by atoms with Gasteiger partial charge in [-0.15, -0.1) is 0 Å². The van der Waals surface area contributed by atoms with E-state index in [1.54, 1.807) is 0 Å². The summed E-state index contributed by atoms with van der Waals surface area (Å²) in [6.45, 7) is 6.48. The van der Waals surface area contributed by atoms with Crippen LogP contribution in [-0.2, 0) is 0 Å². The topological polar surface area (TPSA) is 40.7 Å². The molecule has 0 aliphatic carbocycles. The van der Waals surface area contributed by atoms with Gasteiger partial charge in [-0.25, -0.2) is 0 Å². The molecule has 3 heteroatoms. The number of H-pyrrole nitrogens is 1. The van der Waals surface area contributed by atoms with Crippen molar-refractivity contribution in [1.29, 1.82) is 0 Å². The number of nitrogens with zero attached hydrogens (tertiary/aromatic N) is 1. The van der Waals surface area contributed by atoms with Crippen LogP contribution in [0.4, 0.5) is 5.69 Å². The number of aromatic amines is 1. The van der Waals surface area contributed by atoms with Crippen LogP contribution in [-0.4, -0.2) is 10.2 Å². The zero-order valence-electron chi connectivity index (χ0n) is 12.1. The number of fused-ring (bicyclic) bond motifs is 1.